The van der Waals surface area contributed by atoms with Crippen molar-refractivity contribution in [2.24, 2.45) is 0 Å². The molecule has 2 aliphatic heterocycles. The topological polar surface area (TPSA) is 103 Å². The Hall–Kier alpha value is -3.20. The molecule has 8 nitrogen and oxygen atoms in total. The number of nitro groups is 1. The van der Waals surface area contributed by atoms with E-state index in [-0.39, 0.29) is 36.0 Å². The van der Waals surface area contributed by atoms with Crippen LogP contribution in [0.1, 0.15) is 21.5 Å². The number of anilines is 1. The predicted octanol–water partition coefficient (Wildman–Crippen LogP) is 2.40. The molecule has 2 aromatic rings. The third-order valence-electron chi connectivity index (χ3n) is 4.56. The van der Waals surface area contributed by atoms with Crippen molar-refractivity contribution in [2.75, 3.05) is 25.1 Å². The largest absolute Gasteiger partial charge is 0.486 e. The van der Waals surface area contributed by atoms with Crippen molar-refractivity contribution in [2.45, 2.75) is 13.0 Å². The minimum absolute atomic E-state index is 0.00941. The summed E-state index contributed by atoms with van der Waals surface area (Å²) in [5.74, 6) is -0.847. The first-order valence-corrected chi connectivity index (χ1v) is 8.45. The van der Waals surface area contributed by atoms with E-state index in [1.165, 1.54) is 12.1 Å². The molecule has 0 atom stereocenters. The third-order valence-corrected chi connectivity index (χ3v) is 4.56. The van der Waals surface area contributed by atoms with E-state index in [2.05, 4.69) is 10.6 Å². The minimum atomic E-state index is -0.786. The fraction of sp³-hybridized carbons (Fsp3) is 0.278. The fourth-order valence-corrected chi connectivity index (χ4v) is 3.23. The molecule has 0 bridgehead atoms. The zero-order chi connectivity index (χ0) is 19.0. The number of hydrogen-bond acceptors (Lipinski definition) is 6. The first-order chi connectivity index (χ1) is 13.0. The summed E-state index contributed by atoms with van der Waals surface area (Å²) in [6, 6.07) is 5.60. The lowest BCUT2D eigenvalue weighted by molar-refractivity contribution is -0.385. The first-order valence-electron chi connectivity index (χ1n) is 8.45. The Labute approximate surface area is 153 Å². The van der Waals surface area contributed by atoms with Crippen molar-refractivity contribution < 1.29 is 23.6 Å². The molecule has 2 heterocycles. The fourth-order valence-electron chi connectivity index (χ4n) is 3.23. The van der Waals surface area contributed by atoms with Gasteiger partial charge in [0.05, 0.1) is 16.7 Å². The number of amides is 1. The molecule has 0 spiro atoms. The summed E-state index contributed by atoms with van der Waals surface area (Å²) in [5.41, 5.74) is 0.720. The molecule has 27 heavy (non-hydrogen) atoms. The van der Waals surface area contributed by atoms with Gasteiger partial charge in [-0.1, -0.05) is 6.07 Å². The van der Waals surface area contributed by atoms with Crippen LogP contribution in [-0.2, 0) is 13.0 Å². The standard InChI is InChI=1S/C18H16FN3O5/c19-17-11-3-4-20-9-10(11)1-2-13(17)21-18(23)12-7-15-16(27-6-5-26-15)8-14(12)22(24)25/h1-2,7-8,20H,3-6,9H2,(H,21,23). The number of halogens is 1. The minimum Gasteiger partial charge on any atom is -0.486 e. The second-order valence-corrected chi connectivity index (χ2v) is 6.22. The van der Waals surface area contributed by atoms with Gasteiger partial charge in [-0.3, -0.25) is 14.9 Å². The normalized spacial score (nSPS) is 15.0. The second kappa shape index (κ2) is 6.84. The van der Waals surface area contributed by atoms with Gasteiger partial charge in [0.15, 0.2) is 11.5 Å². The Bertz CT molecular complexity index is 947. The van der Waals surface area contributed by atoms with Crippen molar-refractivity contribution in [3.05, 3.63) is 56.9 Å². The molecule has 0 radical (unpaired) electrons. The maximum Gasteiger partial charge on any atom is 0.286 e. The van der Waals surface area contributed by atoms with Gasteiger partial charge in [-0.2, -0.15) is 0 Å². The summed E-state index contributed by atoms with van der Waals surface area (Å²) in [6.07, 6.45) is 0.509. The van der Waals surface area contributed by atoms with Gasteiger partial charge in [-0.05, 0) is 30.2 Å². The van der Waals surface area contributed by atoms with Crippen LogP contribution < -0.4 is 20.1 Å². The van der Waals surface area contributed by atoms with Gasteiger partial charge >= 0.3 is 0 Å². The van der Waals surface area contributed by atoms with Crippen LogP contribution in [0.2, 0.25) is 0 Å². The summed E-state index contributed by atoms with van der Waals surface area (Å²) in [6.45, 7) is 1.76. The number of nitrogens with zero attached hydrogens (tertiary/aromatic N) is 1. The van der Waals surface area contributed by atoms with E-state index in [0.29, 0.717) is 25.1 Å². The Balaban J connectivity index is 1.68. The van der Waals surface area contributed by atoms with Gasteiger partial charge in [0, 0.05) is 12.6 Å². The van der Waals surface area contributed by atoms with Crippen molar-refractivity contribution in [1.82, 2.24) is 5.32 Å². The van der Waals surface area contributed by atoms with Crippen molar-refractivity contribution in [3.8, 4) is 11.5 Å². The highest BCUT2D eigenvalue weighted by Gasteiger charge is 2.27. The number of carbonyl (C=O) groups excluding carboxylic acids is 1. The lowest BCUT2D eigenvalue weighted by Gasteiger charge is -2.20. The molecule has 0 unspecified atom stereocenters. The molecule has 140 valence electrons. The molecule has 0 aromatic heterocycles. The van der Waals surface area contributed by atoms with Crippen molar-refractivity contribution in [1.29, 1.82) is 0 Å². The number of carbonyl (C=O) groups is 1. The number of nitrogens with one attached hydrogen (secondary N) is 2. The summed E-state index contributed by atoms with van der Waals surface area (Å²) in [7, 11) is 0. The average Bonchev–Trinajstić information content (AvgIpc) is 2.69. The molecule has 0 aliphatic carbocycles. The Morgan fingerprint density at radius 1 is 1.22 bits per heavy atom. The van der Waals surface area contributed by atoms with Crippen LogP contribution in [0.5, 0.6) is 11.5 Å². The van der Waals surface area contributed by atoms with Gasteiger partial charge < -0.3 is 20.1 Å². The molecule has 0 saturated carbocycles. The number of benzene rings is 2. The van der Waals surface area contributed by atoms with Gasteiger partial charge in [0.2, 0.25) is 0 Å². The molecule has 0 saturated heterocycles. The summed E-state index contributed by atoms with van der Waals surface area (Å²) < 4.78 is 25.5. The number of nitro benzene ring substituents is 1. The maximum atomic E-state index is 14.7. The van der Waals surface area contributed by atoms with Crippen LogP contribution in [0.25, 0.3) is 0 Å². The maximum absolute atomic E-state index is 14.7. The third kappa shape index (κ3) is 3.17. The molecule has 2 N–H and O–H groups in total. The highest BCUT2D eigenvalue weighted by atomic mass is 19.1. The van der Waals surface area contributed by atoms with Crippen LogP contribution in [0.4, 0.5) is 15.8 Å². The van der Waals surface area contributed by atoms with E-state index in [9.17, 15) is 19.3 Å². The summed E-state index contributed by atoms with van der Waals surface area (Å²) in [4.78, 5) is 23.3. The summed E-state index contributed by atoms with van der Waals surface area (Å²) >= 11 is 0. The molecule has 2 aliphatic rings. The Morgan fingerprint density at radius 2 is 1.96 bits per heavy atom. The number of ether oxygens (including phenoxy) is 2. The number of rotatable bonds is 3. The Morgan fingerprint density at radius 3 is 2.70 bits per heavy atom. The quantitative estimate of drug-likeness (QED) is 0.633. The van der Waals surface area contributed by atoms with E-state index in [0.717, 1.165) is 11.6 Å². The van der Waals surface area contributed by atoms with Crippen molar-refractivity contribution in [3.63, 3.8) is 0 Å². The van der Waals surface area contributed by atoms with E-state index in [1.54, 1.807) is 6.07 Å². The molecule has 0 fully saturated rings. The van der Waals surface area contributed by atoms with Gasteiger partial charge in [-0.25, -0.2) is 4.39 Å². The van der Waals surface area contributed by atoms with E-state index in [1.807, 2.05) is 0 Å². The predicted molar refractivity (Wildman–Crippen MR) is 93.9 cm³/mol. The molecule has 4 rings (SSSR count). The van der Waals surface area contributed by atoms with Crippen molar-refractivity contribution >= 4 is 17.3 Å². The smallest absolute Gasteiger partial charge is 0.286 e. The first kappa shape index (κ1) is 17.2. The monoisotopic (exact) mass is 373 g/mol. The number of hydrogen-bond donors (Lipinski definition) is 2. The average molecular weight is 373 g/mol. The zero-order valence-corrected chi connectivity index (χ0v) is 14.2. The lowest BCUT2D eigenvalue weighted by Crippen LogP contribution is -2.25. The molecule has 1 amide bonds. The van der Waals surface area contributed by atoms with Gasteiger partial charge in [0.1, 0.15) is 24.6 Å². The Kier molecular flexibility index (Phi) is 4.36. The van der Waals surface area contributed by atoms with Gasteiger partial charge in [0.25, 0.3) is 11.6 Å². The van der Waals surface area contributed by atoms with E-state index < -0.39 is 22.3 Å². The molecular weight excluding hydrogens is 357 g/mol. The van der Waals surface area contributed by atoms with Gasteiger partial charge in [-0.15, -0.1) is 0 Å². The lowest BCUT2D eigenvalue weighted by atomic mass is 9.99. The second-order valence-electron chi connectivity index (χ2n) is 6.22. The van der Waals surface area contributed by atoms with E-state index in [4.69, 9.17) is 9.47 Å². The SMILES string of the molecule is O=C(Nc1ccc2c(c1F)CCNC2)c1cc2c(cc1[N+](=O)[O-])OCCO2. The summed E-state index contributed by atoms with van der Waals surface area (Å²) in [5, 5.41) is 17.0. The van der Waals surface area contributed by atoms with Crippen LogP contribution in [-0.4, -0.2) is 30.6 Å². The van der Waals surface area contributed by atoms with Crippen LogP contribution in [0.3, 0.4) is 0 Å². The van der Waals surface area contributed by atoms with Crippen LogP contribution >= 0.6 is 0 Å². The highest BCUT2D eigenvalue weighted by Crippen LogP contribution is 2.37. The number of fused-ring (bicyclic) bond motifs is 2. The van der Waals surface area contributed by atoms with Crippen LogP contribution in [0.15, 0.2) is 24.3 Å². The zero-order valence-electron chi connectivity index (χ0n) is 14.2. The highest BCUT2D eigenvalue weighted by molar-refractivity contribution is 6.07. The van der Waals surface area contributed by atoms with Crippen LogP contribution in [0, 0.1) is 15.9 Å². The molecular formula is C18H16FN3O5. The van der Waals surface area contributed by atoms with E-state index >= 15 is 0 Å². The molecule has 2 aromatic carbocycles. The molecule has 9 heteroatoms.